The summed E-state index contributed by atoms with van der Waals surface area (Å²) in [6.07, 6.45) is 1.01. The van der Waals surface area contributed by atoms with Crippen molar-refractivity contribution in [2.24, 2.45) is 10.9 Å². The fourth-order valence-electron chi connectivity index (χ4n) is 3.57. The maximum atomic E-state index is 4.36. The van der Waals surface area contributed by atoms with E-state index in [1.807, 2.05) is 7.05 Å². The second-order valence-electron chi connectivity index (χ2n) is 7.83. The summed E-state index contributed by atoms with van der Waals surface area (Å²) >= 11 is 0. The Morgan fingerprint density at radius 3 is 2.30 bits per heavy atom. The Bertz CT molecular complexity index is 562. The molecule has 1 aliphatic heterocycles. The molecule has 0 aromatic heterocycles. The fraction of sp³-hybridized carbons (Fsp3) is 0.667. The van der Waals surface area contributed by atoms with Crippen molar-refractivity contribution < 1.29 is 0 Å². The Morgan fingerprint density at radius 1 is 1.07 bits per heavy atom. The predicted octanol–water partition coefficient (Wildman–Crippen LogP) is 2.51. The molecule has 0 aliphatic carbocycles. The van der Waals surface area contributed by atoms with Gasteiger partial charge < -0.3 is 20.4 Å². The van der Waals surface area contributed by atoms with E-state index in [1.54, 1.807) is 0 Å². The summed E-state index contributed by atoms with van der Waals surface area (Å²) in [5, 5.41) is 6.92. The second kappa shape index (κ2) is 12.6. The quantitative estimate of drug-likeness (QED) is 0.353. The van der Waals surface area contributed by atoms with Gasteiger partial charge in [0, 0.05) is 52.9 Å². The van der Waals surface area contributed by atoms with Gasteiger partial charge in [-0.05, 0) is 38.8 Å². The third kappa shape index (κ3) is 9.25. The molecule has 0 saturated carbocycles. The Labute approximate surface area is 183 Å². The average molecular weight is 487 g/mol. The second-order valence-corrected chi connectivity index (χ2v) is 7.83. The van der Waals surface area contributed by atoms with Gasteiger partial charge >= 0.3 is 0 Å². The summed E-state index contributed by atoms with van der Waals surface area (Å²) in [4.78, 5) is 9.33. The van der Waals surface area contributed by atoms with Gasteiger partial charge in [0.05, 0.1) is 0 Å². The number of guanidine groups is 1. The maximum absolute atomic E-state index is 4.36. The lowest BCUT2D eigenvalue weighted by molar-refractivity contribution is 0.139. The van der Waals surface area contributed by atoms with Crippen LogP contribution in [0.25, 0.3) is 0 Å². The fourth-order valence-corrected chi connectivity index (χ4v) is 3.57. The van der Waals surface area contributed by atoms with E-state index in [2.05, 4.69) is 71.4 Å². The number of aryl methyl sites for hydroxylation is 2. The van der Waals surface area contributed by atoms with Gasteiger partial charge in [-0.1, -0.05) is 36.2 Å². The highest BCUT2D eigenvalue weighted by molar-refractivity contribution is 14.0. The first-order valence-electron chi connectivity index (χ1n) is 9.89. The number of nitrogens with zero attached hydrogens (tertiary/aromatic N) is 3. The van der Waals surface area contributed by atoms with Crippen LogP contribution in [0.1, 0.15) is 23.6 Å². The average Bonchev–Trinajstić information content (AvgIpc) is 2.59. The molecule has 27 heavy (non-hydrogen) atoms. The Balaban J connectivity index is 0.00000364. The van der Waals surface area contributed by atoms with E-state index in [1.165, 1.54) is 42.9 Å². The molecule has 1 heterocycles. The van der Waals surface area contributed by atoms with E-state index in [4.69, 9.17) is 0 Å². The molecular weight excluding hydrogens is 449 g/mol. The highest BCUT2D eigenvalue weighted by Crippen LogP contribution is 2.09. The van der Waals surface area contributed by atoms with Gasteiger partial charge in [0.15, 0.2) is 5.96 Å². The zero-order valence-corrected chi connectivity index (χ0v) is 20.0. The third-order valence-corrected chi connectivity index (χ3v) is 4.99. The minimum Gasteiger partial charge on any atom is -0.356 e. The highest BCUT2D eigenvalue weighted by Gasteiger charge is 2.16. The minimum atomic E-state index is 0. The summed E-state index contributed by atoms with van der Waals surface area (Å²) in [6.45, 7) is 14.4. The summed E-state index contributed by atoms with van der Waals surface area (Å²) in [5.41, 5.74) is 4.05. The zero-order valence-electron chi connectivity index (χ0n) is 17.7. The van der Waals surface area contributed by atoms with Crippen LogP contribution in [0, 0.1) is 19.8 Å². The predicted molar refractivity (Wildman–Crippen MR) is 128 cm³/mol. The molecular formula is C21H38IN5. The molecule has 0 amide bonds. The number of rotatable bonds is 7. The lowest BCUT2D eigenvalue weighted by Gasteiger charge is -2.34. The first-order valence-corrected chi connectivity index (χ1v) is 9.89. The van der Waals surface area contributed by atoms with Crippen molar-refractivity contribution >= 4 is 29.9 Å². The molecule has 154 valence electrons. The molecule has 1 saturated heterocycles. The van der Waals surface area contributed by atoms with Crippen LogP contribution in [0.3, 0.4) is 0 Å². The van der Waals surface area contributed by atoms with Crippen LogP contribution in [0.15, 0.2) is 23.2 Å². The number of hydrogen-bond acceptors (Lipinski definition) is 3. The van der Waals surface area contributed by atoms with E-state index >= 15 is 0 Å². The van der Waals surface area contributed by atoms with Crippen molar-refractivity contribution in [2.75, 3.05) is 59.9 Å². The topological polar surface area (TPSA) is 42.9 Å². The zero-order chi connectivity index (χ0) is 18.9. The van der Waals surface area contributed by atoms with Crippen molar-refractivity contribution in [1.29, 1.82) is 0 Å². The maximum Gasteiger partial charge on any atom is 0.190 e. The van der Waals surface area contributed by atoms with Gasteiger partial charge in [0.1, 0.15) is 0 Å². The van der Waals surface area contributed by atoms with Crippen molar-refractivity contribution in [3.8, 4) is 0 Å². The summed E-state index contributed by atoms with van der Waals surface area (Å²) in [6, 6.07) is 6.76. The summed E-state index contributed by atoms with van der Waals surface area (Å²) in [7, 11) is 4.05. The smallest absolute Gasteiger partial charge is 0.190 e. The molecule has 1 aromatic carbocycles. The van der Waals surface area contributed by atoms with Crippen LogP contribution in [-0.4, -0.2) is 75.7 Å². The highest BCUT2D eigenvalue weighted by atomic mass is 127. The number of halogens is 1. The largest absolute Gasteiger partial charge is 0.356 e. The molecule has 1 atom stereocenters. The minimum absolute atomic E-state index is 0. The van der Waals surface area contributed by atoms with E-state index < -0.39 is 0 Å². The molecule has 5 nitrogen and oxygen atoms in total. The van der Waals surface area contributed by atoms with Crippen LogP contribution >= 0.6 is 24.0 Å². The van der Waals surface area contributed by atoms with Gasteiger partial charge in [-0.25, -0.2) is 0 Å². The van der Waals surface area contributed by atoms with Gasteiger partial charge in [0.2, 0.25) is 0 Å². The standard InChI is InChI=1S/C21H37N5.HI/c1-17-12-18(2)14-20(13-17)6-7-23-21(22-4)24-15-19(3)16-26-10-8-25(5)9-11-26;/h12-14,19H,6-11,15-16H2,1-5H3,(H2,22,23,24);1H. The van der Waals surface area contributed by atoms with Crippen LogP contribution in [0.2, 0.25) is 0 Å². The Kier molecular flexibility index (Phi) is 11.3. The number of hydrogen-bond donors (Lipinski definition) is 2. The molecule has 2 rings (SSSR count). The van der Waals surface area contributed by atoms with Crippen molar-refractivity contribution in [2.45, 2.75) is 27.2 Å². The molecule has 2 N–H and O–H groups in total. The van der Waals surface area contributed by atoms with Gasteiger partial charge in [-0.2, -0.15) is 0 Å². The molecule has 0 spiro atoms. The van der Waals surface area contributed by atoms with E-state index in [-0.39, 0.29) is 24.0 Å². The number of benzene rings is 1. The Hall–Kier alpha value is -0.860. The van der Waals surface area contributed by atoms with Gasteiger partial charge in [0.25, 0.3) is 0 Å². The van der Waals surface area contributed by atoms with Crippen LogP contribution < -0.4 is 10.6 Å². The van der Waals surface area contributed by atoms with E-state index in [9.17, 15) is 0 Å². The van der Waals surface area contributed by atoms with E-state index in [0.29, 0.717) is 5.92 Å². The lowest BCUT2D eigenvalue weighted by Crippen LogP contribution is -2.47. The van der Waals surface area contributed by atoms with Crippen LogP contribution in [-0.2, 0) is 6.42 Å². The molecule has 0 bridgehead atoms. The van der Waals surface area contributed by atoms with Crippen LogP contribution in [0.5, 0.6) is 0 Å². The van der Waals surface area contributed by atoms with Gasteiger partial charge in [-0.15, -0.1) is 24.0 Å². The summed E-state index contributed by atoms with van der Waals surface area (Å²) < 4.78 is 0. The molecule has 1 unspecified atom stereocenters. The lowest BCUT2D eigenvalue weighted by atomic mass is 10.1. The van der Waals surface area contributed by atoms with Crippen molar-refractivity contribution in [3.05, 3.63) is 34.9 Å². The van der Waals surface area contributed by atoms with Crippen molar-refractivity contribution in [3.63, 3.8) is 0 Å². The van der Waals surface area contributed by atoms with Crippen LogP contribution in [0.4, 0.5) is 0 Å². The normalized spacial score (nSPS) is 17.3. The first-order chi connectivity index (χ1) is 12.5. The van der Waals surface area contributed by atoms with E-state index in [0.717, 1.165) is 32.0 Å². The molecule has 6 heteroatoms. The summed E-state index contributed by atoms with van der Waals surface area (Å²) in [5.74, 6) is 1.51. The molecule has 1 aliphatic rings. The Morgan fingerprint density at radius 2 is 1.70 bits per heavy atom. The SMILES string of the molecule is CN=C(NCCc1cc(C)cc(C)c1)NCC(C)CN1CCN(C)CC1.I. The number of aliphatic imine (C=N–C) groups is 1. The van der Waals surface area contributed by atoms with Crippen molar-refractivity contribution in [1.82, 2.24) is 20.4 Å². The monoisotopic (exact) mass is 487 g/mol. The number of nitrogens with one attached hydrogen (secondary N) is 2. The first kappa shape index (κ1) is 24.2. The third-order valence-electron chi connectivity index (χ3n) is 4.99. The molecule has 0 radical (unpaired) electrons. The number of likely N-dealkylation sites (N-methyl/N-ethyl adjacent to an activating group) is 1. The van der Waals surface area contributed by atoms with Gasteiger partial charge in [-0.3, -0.25) is 4.99 Å². The molecule has 1 aromatic rings. The molecule has 1 fully saturated rings. The number of piperazine rings is 1.